The van der Waals surface area contributed by atoms with Gasteiger partial charge in [0, 0.05) is 10.0 Å². The first kappa shape index (κ1) is 14.5. The first-order valence-electron chi connectivity index (χ1n) is 6.14. The van der Waals surface area contributed by atoms with E-state index in [1.54, 1.807) is 0 Å². The zero-order chi connectivity index (χ0) is 12.8. The lowest BCUT2D eigenvalue weighted by atomic mass is 9.99. The molecule has 1 atom stereocenters. The van der Waals surface area contributed by atoms with Crippen molar-refractivity contribution in [1.29, 1.82) is 0 Å². The average Bonchev–Trinajstić information content (AvgIpc) is 2.28. The Morgan fingerprint density at radius 1 is 1.29 bits per heavy atom. The summed E-state index contributed by atoms with van der Waals surface area (Å²) in [6, 6.07) is 5.78. The second kappa shape index (κ2) is 7.02. The van der Waals surface area contributed by atoms with Crippen molar-refractivity contribution in [1.82, 2.24) is 0 Å². The Morgan fingerprint density at radius 2 is 2.00 bits per heavy atom. The van der Waals surface area contributed by atoms with E-state index in [4.69, 9.17) is 4.74 Å². The third-order valence-electron chi connectivity index (χ3n) is 2.65. The van der Waals surface area contributed by atoms with Gasteiger partial charge in [0.25, 0.3) is 0 Å². The molecule has 0 saturated heterocycles. The van der Waals surface area contributed by atoms with Crippen LogP contribution in [0.4, 0.5) is 0 Å². The van der Waals surface area contributed by atoms with Gasteiger partial charge in [-0.2, -0.15) is 0 Å². The van der Waals surface area contributed by atoms with Gasteiger partial charge in [-0.25, -0.2) is 0 Å². The summed E-state index contributed by atoms with van der Waals surface area (Å²) in [7, 11) is 0. The topological polar surface area (TPSA) is 29.5 Å². The fourth-order valence-corrected chi connectivity index (χ4v) is 2.09. The van der Waals surface area contributed by atoms with Crippen molar-refractivity contribution in [2.45, 2.75) is 39.7 Å². The Morgan fingerprint density at radius 3 is 2.59 bits per heavy atom. The molecule has 0 fully saturated rings. The molecule has 0 radical (unpaired) electrons. The van der Waals surface area contributed by atoms with Crippen LogP contribution in [0.2, 0.25) is 0 Å². The maximum absolute atomic E-state index is 10.2. The molecule has 0 aromatic heterocycles. The van der Waals surface area contributed by atoms with Crippen molar-refractivity contribution in [2.75, 3.05) is 6.61 Å². The molecule has 0 heterocycles. The van der Waals surface area contributed by atoms with E-state index in [1.165, 1.54) is 0 Å². The number of hydrogen-bond acceptors (Lipinski definition) is 2. The highest BCUT2D eigenvalue weighted by Gasteiger charge is 2.14. The van der Waals surface area contributed by atoms with Gasteiger partial charge in [0.05, 0.1) is 12.7 Å². The molecule has 0 spiro atoms. The molecule has 1 aromatic rings. The van der Waals surface area contributed by atoms with E-state index < -0.39 is 6.10 Å². The lowest BCUT2D eigenvalue weighted by Crippen LogP contribution is -2.04. The quantitative estimate of drug-likeness (QED) is 0.848. The van der Waals surface area contributed by atoms with Gasteiger partial charge in [0.2, 0.25) is 0 Å². The largest absolute Gasteiger partial charge is 0.493 e. The van der Waals surface area contributed by atoms with Gasteiger partial charge < -0.3 is 9.84 Å². The molecule has 1 aromatic carbocycles. The maximum Gasteiger partial charge on any atom is 0.125 e. The summed E-state index contributed by atoms with van der Waals surface area (Å²) in [5.41, 5.74) is 0.877. The normalized spacial score (nSPS) is 12.8. The summed E-state index contributed by atoms with van der Waals surface area (Å²) < 4.78 is 6.51. The van der Waals surface area contributed by atoms with Crippen LogP contribution in [0.25, 0.3) is 0 Å². The Bertz CT molecular complexity index is 350. The van der Waals surface area contributed by atoms with Crippen molar-refractivity contribution < 1.29 is 9.84 Å². The summed E-state index contributed by atoms with van der Waals surface area (Å²) >= 11 is 3.43. The predicted molar refractivity (Wildman–Crippen MR) is 74.3 cm³/mol. The van der Waals surface area contributed by atoms with Gasteiger partial charge in [-0.3, -0.25) is 0 Å². The van der Waals surface area contributed by atoms with Crippen LogP contribution in [0.3, 0.4) is 0 Å². The summed E-state index contributed by atoms with van der Waals surface area (Å²) in [6.07, 6.45) is 1.34. The molecular weight excluding hydrogens is 280 g/mol. The fraction of sp³-hybridized carbons (Fsp3) is 0.571. The molecule has 0 aliphatic carbocycles. The first-order valence-corrected chi connectivity index (χ1v) is 6.94. The van der Waals surface area contributed by atoms with Crippen LogP contribution < -0.4 is 4.74 Å². The van der Waals surface area contributed by atoms with Gasteiger partial charge >= 0.3 is 0 Å². The maximum atomic E-state index is 10.2. The minimum atomic E-state index is -0.448. The fourth-order valence-electron chi connectivity index (χ4n) is 1.71. The Kier molecular flexibility index (Phi) is 6.00. The number of hydrogen-bond donors (Lipinski definition) is 1. The van der Waals surface area contributed by atoms with E-state index >= 15 is 0 Å². The summed E-state index contributed by atoms with van der Waals surface area (Å²) in [6.45, 7) is 6.89. The lowest BCUT2D eigenvalue weighted by molar-refractivity contribution is 0.154. The van der Waals surface area contributed by atoms with Gasteiger partial charge in [-0.15, -0.1) is 0 Å². The number of halogens is 1. The minimum absolute atomic E-state index is 0.448. The molecule has 1 N–H and O–H groups in total. The number of ether oxygens (including phenoxy) is 1. The monoisotopic (exact) mass is 300 g/mol. The third-order valence-corrected chi connectivity index (χ3v) is 3.14. The second-order valence-corrected chi connectivity index (χ2v) is 5.52. The summed E-state index contributed by atoms with van der Waals surface area (Å²) in [4.78, 5) is 0. The highest BCUT2D eigenvalue weighted by atomic mass is 79.9. The molecule has 2 nitrogen and oxygen atoms in total. The van der Waals surface area contributed by atoms with E-state index in [0.29, 0.717) is 12.5 Å². The molecule has 1 rings (SSSR count). The van der Waals surface area contributed by atoms with Crippen molar-refractivity contribution in [3.05, 3.63) is 28.2 Å². The van der Waals surface area contributed by atoms with Crippen molar-refractivity contribution in [3.8, 4) is 5.75 Å². The van der Waals surface area contributed by atoms with Crippen LogP contribution in [0.5, 0.6) is 5.75 Å². The smallest absolute Gasteiger partial charge is 0.125 e. The van der Waals surface area contributed by atoms with Crippen LogP contribution in [-0.2, 0) is 0 Å². The molecule has 0 bridgehead atoms. The van der Waals surface area contributed by atoms with E-state index in [2.05, 4.69) is 29.8 Å². The van der Waals surface area contributed by atoms with Crippen LogP contribution in [-0.4, -0.2) is 11.7 Å². The van der Waals surface area contributed by atoms with E-state index in [9.17, 15) is 5.11 Å². The number of aliphatic hydroxyl groups is 1. The van der Waals surface area contributed by atoms with Gasteiger partial charge in [-0.1, -0.05) is 29.8 Å². The zero-order valence-electron chi connectivity index (χ0n) is 10.7. The van der Waals surface area contributed by atoms with Crippen LogP contribution in [0.1, 0.15) is 45.3 Å². The Labute approximate surface area is 112 Å². The van der Waals surface area contributed by atoms with Crippen molar-refractivity contribution in [3.63, 3.8) is 0 Å². The average molecular weight is 301 g/mol. The van der Waals surface area contributed by atoms with Crippen molar-refractivity contribution in [2.24, 2.45) is 5.92 Å². The van der Waals surface area contributed by atoms with Gasteiger partial charge in [0.15, 0.2) is 0 Å². The zero-order valence-corrected chi connectivity index (χ0v) is 12.3. The summed E-state index contributed by atoms with van der Waals surface area (Å²) in [5.74, 6) is 1.39. The van der Waals surface area contributed by atoms with Crippen LogP contribution in [0, 0.1) is 5.92 Å². The van der Waals surface area contributed by atoms with Crippen molar-refractivity contribution >= 4 is 15.9 Å². The minimum Gasteiger partial charge on any atom is -0.493 e. The van der Waals surface area contributed by atoms with Crippen LogP contribution >= 0.6 is 15.9 Å². The molecular formula is C14H21BrO2. The molecule has 0 saturated carbocycles. The molecule has 96 valence electrons. The van der Waals surface area contributed by atoms with Gasteiger partial charge in [-0.05, 0) is 43.9 Å². The van der Waals surface area contributed by atoms with E-state index in [-0.39, 0.29) is 0 Å². The standard InChI is InChI=1S/C14H21BrO2/c1-4-17-14-8-6-11(15)9-12(14)13(16)7-5-10(2)3/h6,8-10,13,16H,4-5,7H2,1-3H3. The molecule has 3 heteroatoms. The number of benzene rings is 1. The molecule has 0 aliphatic heterocycles. The SMILES string of the molecule is CCOc1ccc(Br)cc1C(O)CCC(C)C. The number of rotatable bonds is 6. The lowest BCUT2D eigenvalue weighted by Gasteiger charge is -2.17. The highest BCUT2D eigenvalue weighted by molar-refractivity contribution is 9.10. The van der Waals surface area contributed by atoms with E-state index in [0.717, 1.165) is 28.6 Å². The summed E-state index contributed by atoms with van der Waals surface area (Å²) in [5, 5.41) is 10.2. The van der Waals surface area contributed by atoms with Crippen LogP contribution in [0.15, 0.2) is 22.7 Å². The second-order valence-electron chi connectivity index (χ2n) is 4.60. The first-order chi connectivity index (χ1) is 8.04. The van der Waals surface area contributed by atoms with E-state index in [1.807, 2.05) is 25.1 Å². The highest BCUT2D eigenvalue weighted by Crippen LogP contribution is 2.31. The number of aliphatic hydroxyl groups excluding tert-OH is 1. The van der Waals surface area contributed by atoms with Gasteiger partial charge in [0.1, 0.15) is 5.75 Å². The molecule has 0 amide bonds. The molecule has 0 aliphatic rings. The Hall–Kier alpha value is -0.540. The molecule has 1 unspecified atom stereocenters. The Balaban J connectivity index is 2.81. The third kappa shape index (κ3) is 4.68. The molecule has 17 heavy (non-hydrogen) atoms. The predicted octanol–water partition coefficient (Wildman–Crippen LogP) is 4.32.